The van der Waals surface area contributed by atoms with Crippen LogP contribution in [0, 0.1) is 17.3 Å². The molecule has 1 N–H and O–H groups in total. The maximum Gasteiger partial charge on any atom is 0.187 e. The molecule has 4 aliphatic rings. The van der Waals surface area contributed by atoms with E-state index in [1.807, 2.05) is 13.0 Å². The third-order valence-electron chi connectivity index (χ3n) is 8.73. The van der Waals surface area contributed by atoms with Crippen LogP contribution in [0.3, 0.4) is 0 Å². The zero-order valence-corrected chi connectivity index (χ0v) is 20.2. The standard InChI is InChI=1S/C28H32O4S/c1-4-24(30)28(31)14-13-23-22-11-7-18-15-19(29)8-12-21(18)25(22)26(32-16-27(23,28)2)17-5-9-20(33-3)10-6-17/h4-6,9-10,15,22-23,26,31H,1,7-8,11-14,16H2,2-3H3/t22?,23?,26?,27?,28-/m1/s1. The Morgan fingerprint density at radius 2 is 1.97 bits per heavy atom. The van der Waals surface area contributed by atoms with Gasteiger partial charge in [-0.3, -0.25) is 9.59 Å². The first-order valence-corrected chi connectivity index (χ1v) is 13.2. The van der Waals surface area contributed by atoms with Crippen molar-refractivity contribution in [3.63, 3.8) is 0 Å². The molecular formula is C28H32O4S. The van der Waals surface area contributed by atoms with Crippen LogP contribution in [-0.4, -0.2) is 35.1 Å². The number of rotatable bonds is 4. The van der Waals surface area contributed by atoms with E-state index in [1.165, 1.54) is 22.1 Å². The maximum atomic E-state index is 12.9. The molecule has 174 valence electrons. The Morgan fingerprint density at radius 3 is 2.67 bits per heavy atom. The lowest BCUT2D eigenvalue weighted by atomic mass is 9.61. The van der Waals surface area contributed by atoms with Gasteiger partial charge in [-0.05, 0) is 96.8 Å². The average Bonchev–Trinajstić information content (AvgIpc) is 3.01. The molecule has 33 heavy (non-hydrogen) atoms. The van der Waals surface area contributed by atoms with Gasteiger partial charge in [0.2, 0.25) is 0 Å². The van der Waals surface area contributed by atoms with Crippen molar-refractivity contribution in [1.82, 2.24) is 0 Å². The fourth-order valence-corrected chi connectivity index (χ4v) is 7.31. The quantitative estimate of drug-likeness (QED) is 0.479. The SMILES string of the molecule is C=CC(=O)[C@]1(O)CCC2C3CCC4=CC(=O)CCC4=C3C(c3ccc(SC)cc3)OCC21C. The molecule has 1 heterocycles. The van der Waals surface area contributed by atoms with Gasteiger partial charge in [-0.25, -0.2) is 0 Å². The Balaban J connectivity index is 1.67. The van der Waals surface area contributed by atoms with E-state index in [9.17, 15) is 14.7 Å². The Hall–Kier alpha value is -1.95. The van der Waals surface area contributed by atoms with Gasteiger partial charge in [-0.15, -0.1) is 11.8 Å². The minimum absolute atomic E-state index is 0.142. The normalized spacial score (nSPS) is 35.8. The number of ketones is 2. The van der Waals surface area contributed by atoms with Crippen LogP contribution in [0.4, 0.5) is 0 Å². The molecule has 1 saturated heterocycles. The second-order valence-corrected chi connectivity index (χ2v) is 11.1. The molecular weight excluding hydrogens is 432 g/mol. The summed E-state index contributed by atoms with van der Waals surface area (Å²) < 4.78 is 6.69. The molecule has 0 radical (unpaired) electrons. The van der Waals surface area contributed by atoms with Gasteiger partial charge in [0.25, 0.3) is 0 Å². The Labute approximate surface area is 200 Å². The van der Waals surface area contributed by atoms with Gasteiger partial charge in [-0.2, -0.15) is 0 Å². The van der Waals surface area contributed by atoms with Gasteiger partial charge >= 0.3 is 0 Å². The van der Waals surface area contributed by atoms with Crippen molar-refractivity contribution in [3.8, 4) is 0 Å². The number of aliphatic hydroxyl groups is 1. The van der Waals surface area contributed by atoms with E-state index >= 15 is 0 Å². The number of hydrogen-bond acceptors (Lipinski definition) is 5. The zero-order valence-electron chi connectivity index (χ0n) is 19.4. The average molecular weight is 465 g/mol. The van der Waals surface area contributed by atoms with Crippen LogP contribution in [0.15, 0.2) is 64.6 Å². The van der Waals surface area contributed by atoms with E-state index in [0.29, 0.717) is 19.4 Å². The van der Waals surface area contributed by atoms with E-state index in [-0.39, 0.29) is 29.5 Å². The van der Waals surface area contributed by atoms with Crippen LogP contribution in [-0.2, 0) is 14.3 Å². The summed E-state index contributed by atoms with van der Waals surface area (Å²) in [6, 6.07) is 8.52. The predicted octanol–water partition coefficient (Wildman–Crippen LogP) is 5.38. The monoisotopic (exact) mass is 464 g/mol. The largest absolute Gasteiger partial charge is 0.381 e. The first kappa shape index (κ1) is 22.8. The highest BCUT2D eigenvalue weighted by Gasteiger charge is 2.63. The second kappa shape index (κ2) is 8.37. The number of fused-ring (bicyclic) bond motifs is 4. The summed E-state index contributed by atoms with van der Waals surface area (Å²) in [7, 11) is 0. The van der Waals surface area contributed by atoms with Crippen molar-refractivity contribution in [1.29, 1.82) is 0 Å². The van der Waals surface area contributed by atoms with Crippen molar-refractivity contribution in [2.45, 2.75) is 62.0 Å². The summed E-state index contributed by atoms with van der Waals surface area (Å²) in [5.41, 5.74) is 2.67. The van der Waals surface area contributed by atoms with Crippen molar-refractivity contribution in [3.05, 3.63) is 65.3 Å². The summed E-state index contributed by atoms with van der Waals surface area (Å²) in [5.74, 6) is 0.269. The lowest BCUT2D eigenvalue weighted by Gasteiger charge is -2.43. The second-order valence-electron chi connectivity index (χ2n) is 10.2. The van der Waals surface area contributed by atoms with Gasteiger partial charge in [0.15, 0.2) is 11.6 Å². The number of allylic oxidation sites excluding steroid dienone is 3. The minimum atomic E-state index is -1.45. The van der Waals surface area contributed by atoms with Crippen molar-refractivity contribution < 1.29 is 19.4 Å². The first-order valence-electron chi connectivity index (χ1n) is 11.9. The summed E-state index contributed by atoms with van der Waals surface area (Å²) >= 11 is 1.71. The van der Waals surface area contributed by atoms with Gasteiger partial charge in [0.1, 0.15) is 11.7 Å². The van der Waals surface area contributed by atoms with Crippen molar-refractivity contribution in [2.24, 2.45) is 17.3 Å². The molecule has 0 aromatic heterocycles. The molecule has 1 aliphatic heterocycles. The molecule has 4 nitrogen and oxygen atoms in total. The van der Waals surface area contributed by atoms with E-state index < -0.39 is 11.0 Å². The van der Waals surface area contributed by atoms with Crippen molar-refractivity contribution >= 4 is 23.3 Å². The third kappa shape index (κ3) is 3.43. The van der Waals surface area contributed by atoms with E-state index in [4.69, 9.17) is 4.74 Å². The fourth-order valence-electron chi connectivity index (χ4n) is 6.90. The molecule has 5 heteroatoms. The summed E-state index contributed by atoms with van der Waals surface area (Å²) in [6.07, 6.45) is 9.23. The number of ether oxygens (including phenoxy) is 1. The first-order chi connectivity index (χ1) is 15.8. The highest BCUT2D eigenvalue weighted by atomic mass is 32.2. The summed E-state index contributed by atoms with van der Waals surface area (Å²) in [5, 5.41) is 11.6. The number of thioether (sulfide) groups is 1. The fraction of sp³-hybridized carbons (Fsp3) is 0.500. The topological polar surface area (TPSA) is 63.6 Å². The van der Waals surface area contributed by atoms with Gasteiger partial charge in [-0.1, -0.05) is 25.6 Å². The van der Waals surface area contributed by atoms with Crippen LogP contribution in [0.2, 0.25) is 0 Å². The Morgan fingerprint density at radius 1 is 1.21 bits per heavy atom. The molecule has 1 saturated carbocycles. The molecule has 3 aliphatic carbocycles. The van der Waals surface area contributed by atoms with Crippen molar-refractivity contribution in [2.75, 3.05) is 12.9 Å². The number of hydrogen-bond donors (Lipinski definition) is 1. The van der Waals surface area contributed by atoms with Gasteiger partial charge < -0.3 is 9.84 Å². The molecule has 0 spiro atoms. The molecule has 5 atom stereocenters. The predicted molar refractivity (Wildman–Crippen MR) is 130 cm³/mol. The number of benzene rings is 1. The number of carbonyl (C=O) groups is 2. The van der Waals surface area contributed by atoms with Crippen LogP contribution < -0.4 is 0 Å². The Bertz CT molecular complexity index is 1070. The number of carbonyl (C=O) groups excluding carboxylic acids is 2. The molecule has 1 aromatic carbocycles. The van der Waals surface area contributed by atoms with Crippen LogP contribution in [0.1, 0.15) is 57.1 Å². The highest BCUT2D eigenvalue weighted by Crippen LogP contribution is 2.62. The smallest absolute Gasteiger partial charge is 0.187 e. The third-order valence-corrected chi connectivity index (χ3v) is 9.47. The molecule has 1 aromatic rings. The van der Waals surface area contributed by atoms with Gasteiger partial charge in [0.05, 0.1) is 6.61 Å². The van der Waals surface area contributed by atoms with E-state index in [2.05, 4.69) is 37.1 Å². The maximum absolute atomic E-state index is 12.9. The summed E-state index contributed by atoms with van der Waals surface area (Å²) in [4.78, 5) is 26.3. The van der Waals surface area contributed by atoms with Crippen LogP contribution in [0.25, 0.3) is 0 Å². The van der Waals surface area contributed by atoms with E-state index in [0.717, 1.165) is 36.8 Å². The zero-order chi connectivity index (χ0) is 23.4. The van der Waals surface area contributed by atoms with Crippen LogP contribution >= 0.6 is 11.8 Å². The molecule has 0 amide bonds. The Kier molecular flexibility index (Phi) is 5.79. The minimum Gasteiger partial charge on any atom is -0.381 e. The molecule has 4 unspecified atom stereocenters. The summed E-state index contributed by atoms with van der Waals surface area (Å²) in [6.45, 7) is 6.01. The lowest BCUT2D eigenvalue weighted by molar-refractivity contribution is -0.154. The molecule has 2 fully saturated rings. The van der Waals surface area contributed by atoms with Gasteiger partial charge in [0, 0.05) is 16.7 Å². The molecule has 5 rings (SSSR count). The molecule has 0 bridgehead atoms. The highest BCUT2D eigenvalue weighted by molar-refractivity contribution is 7.98. The lowest BCUT2D eigenvalue weighted by Crippen LogP contribution is -2.53. The van der Waals surface area contributed by atoms with E-state index in [1.54, 1.807) is 11.8 Å². The van der Waals surface area contributed by atoms with Crippen LogP contribution in [0.5, 0.6) is 0 Å².